The number of carbonyl (C=O) groups is 2. The average molecular weight is 490 g/mol. The molecule has 178 valence electrons. The molecule has 2 N–H and O–H groups in total. The van der Waals surface area contributed by atoms with Gasteiger partial charge < -0.3 is 19.9 Å². The molecule has 0 bridgehead atoms. The van der Waals surface area contributed by atoms with Crippen LogP contribution in [0.15, 0.2) is 60.8 Å². The molecule has 0 spiro atoms. The number of amides is 1. The average Bonchev–Trinajstić information content (AvgIpc) is 3.20. The third-order valence-corrected chi connectivity index (χ3v) is 6.64. The largest absolute Gasteiger partial charge is 0.478 e. The Labute approximate surface area is 207 Å². The third kappa shape index (κ3) is 4.57. The zero-order chi connectivity index (χ0) is 24.5. The fourth-order valence-electron chi connectivity index (χ4n) is 4.71. The maximum Gasteiger partial charge on any atom is 0.337 e. The first-order valence-corrected chi connectivity index (χ1v) is 11.8. The molecule has 2 aromatic heterocycles. The summed E-state index contributed by atoms with van der Waals surface area (Å²) in [6, 6.07) is 15.6. The number of aromatic carboxylic acids is 1. The minimum absolute atomic E-state index is 0.156. The van der Waals surface area contributed by atoms with Gasteiger partial charge in [0.25, 0.3) is 5.91 Å². The molecule has 2 aromatic carbocycles. The Kier molecular flexibility index (Phi) is 6.13. The lowest BCUT2D eigenvalue weighted by Crippen LogP contribution is -2.35. The van der Waals surface area contributed by atoms with Crippen molar-refractivity contribution in [3.63, 3.8) is 0 Å². The van der Waals surface area contributed by atoms with Gasteiger partial charge in [0.2, 0.25) is 0 Å². The van der Waals surface area contributed by atoms with Crippen molar-refractivity contribution in [3.8, 4) is 0 Å². The maximum atomic E-state index is 12.5. The SMILES string of the molecule is Cc1nc2cccnc2n1C1CCN(c2ccc(NC(=O)c3ccc(Cl)cc3)cc2C(=O)O)CC1. The number of carbonyl (C=O) groups excluding carboxylic acids is 1. The third-order valence-electron chi connectivity index (χ3n) is 6.39. The smallest absolute Gasteiger partial charge is 0.337 e. The van der Waals surface area contributed by atoms with Crippen LogP contribution in [-0.2, 0) is 0 Å². The number of aromatic nitrogens is 3. The van der Waals surface area contributed by atoms with E-state index in [1.807, 2.05) is 19.1 Å². The number of halogens is 1. The van der Waals surface area contributed by atoms with E-state index in [1.54, 1.807) is 42.6 Å². The second kappa shape index (κ2) is 9.38. The van der Waals surface area contributed by atoms with Crippen LogP contribution in [0.1, 0.15) is 45.4 Å². The van der Waals surface area contributed by atoms with Crippen molar-refractivity contribution < 1.29 is 14.7 Å². The summed E-state index contributed by atoms with van der Waals surface area (Å²) in [5, 5.41) is 13.2. The van der Waals surface area contributed by atoms with E-state index in [0.29, 0.717) is 35.1 Å². The lowest BCUT2D eigenvalue weighted by Gasteiger charge is -2.35. The highest BCUT2D eigenvalue weighted by Crippen LogP contribution is 2.32. The molecule has 1 amide bonds. The van der Waals surface area contributed by atoms with E-state index in [0.717, 1.165) is 29.8 Å². The Morgan fingerprint density at radius 2 is 1.83 bits per heavy atom. The van der Waals surface area contributed by atoms with Gasteiger partial charge in [-0.2, -0.15) is 0 Å². The minimum Gasteiger partial charge on any atom is -0.478 e. The Morgan fingerprint density at radius 1 is 1.09 bits per heavy atom. The van der Waals surface area contributed by atoms with Crippen molar-refractivity contribution in [2.24, 2.45) is 0 Å². The minimum atomic E-state index is -1.04. The van der Waals surface area contributed by atoms with Crippen molar-refractivity contribution in [1.82, 2.24) is 14.5 Å². The first-order chi connectivity index (χ1) is 16.9. The summed E-state index contributed by atoms with van der Waals surface area (Å²) in [6.07, 6.45) is 3.47. The van der Waals surface area contributed by atoms with Crippen molar-refractivity contribution >= 4 is 46.0 Å². The normalized spacial score (nSPS) is 14.3. The van der Waals surface area contributed by atoms with Gasteiger partial charge in [-0.1, -0.05) is 11.6 Å². The summed E-state index contributed by atoms with van der Waals surface area (Å²) < 4.78 is 2.19. The lowest BCUT2D eigenvalue weighted by molar-refractivity contribution is 0.0697. The standard InChI is InChI=1S/C26H24ClN5O3/c1-16-29-22-3-2-12-28-24(22)32(16)20-10-13-31(14-11-20)23-9-8-19(15-21(23)26(34)35)30-25(33)17-4-6-18(27)7-5-17/h2-9,12,15,20H,10-11,13-14H2,1H3,(H,30,33)(H,34,35). The van der Waals surface area contributed by atoms with Gasteiger partial charge >= 0.3 is 5.97 Å². The highest BCUT2D eigenvalue weighted by molar-refractivity contribution is 6.30. The molecule has 3 heterocycles. The molecule has 1 fully saturated rings. The van der Waals surface area contributed by atoms with Crippen molar-refractivity contribution in [2.45, 2.75) is 25.8 Å². The number of aryl methyl sites for hydroxylation is 1. The predicted molar refractivity (Wildman–Crippen MR) is 136 cm³/mol. The number of carboxylic acid groups (broad SMARTS) is 1. The maximum absolute atomic E-state index is 12.5. The molecule has 0 unspecified atom stereocenters. The van der Waals surface area contributed by atoms with Crippen LogP contribution < -0.4 is 10.2 Å². The molecule has 9 heteroatoms. The van der Waals surface area contributed by atoms with Crippen molar-refractivity contribution in [1.29, 1.82) is 0 Å². The van der Waals surface area contributed by atoms with Crippen LogP contribution in [0.3, 0.4) is 0 Å². The van der Waals surface area contributed by atoms with Crippen LogP contribution in [0, 0.1) is 6.92 Å². The summed E-state index contributed by atoms with van der Waals surface area (Å²) in [4.78, 5) is 35.9. The molecule has 1 saturated heterocycles. The molecule has 0 saturated carbocycles. The van der Waals surface area contributed by atoms with E-state index in [2.05, 4.69) is 24.8 Å². The molecule has 0 aliphatic carbocycles. The summed E-state index contributed by atoms with van der Waals surface area (Å²) in [6.45, 7) is 3.40. The van der Waals surface area contributed by atoms with Crippen LogP contribution in [0.2, 0.25) is 5.02 Å². The Morgan fingerprint density at radius 3 is 2.54 bits per heavy atom. The number of nitrogens with one attached hydrogen (secondary N) is 1. The molecule has 8 nitrogen and oxygen atoms in total. The number of nitrogens with zero attached hydrogens (tertiary/aromatic N) is 4. The zero-order valence-corrected chi connectivity index (χ0v) is 19.9. The van der Waals surface area contributed by atoms with E-state index in [4.69, 9.17) is 11.6 Å². The summed E-state index contributed by atoms with van der Waals surface area (Å²) >= 11 is 5.89. The summed E-state index contributed by atoms with van der Waals surface area (Å²) in [5.41, 5.74) is 3.43. The number of hydrogen-bond donors (Lipinski definition) is 2. The first-order valence-electron chi connectivity index (χ1n) is 11.4. The lowest BCUT2D eigenvalue weighted by atomic mass is 10.0. The van der Waals surface area contributed by atoms with E-state index in [1.165, 1.54) is 6.07 Å². The first kappa shape index (κ1) is 22.9. The number of rotatable bonds is 5. The van der Waals surface area contributed by atoms with Crippen molar-refractivity contribution in [3.05, 3.63) is 82.8 Å². The van der Waals surface area contributed by atoms with Crippen LogP contribution in [0.25, 0.3) is 11.2 Å². The van der Waals surface area contributed by atoms with Gasteiger partial charge in [-0.05, 0) is 74.4 Å². The van der Waals surface area contributed by atoms with E-state index in [9.17, 15) is 14.7 Å². The van der Waals surface area contributed by atoms with E-state index in [-0.39, 0.29) is 17.5 Å². The number of pyridine rings is 1. The molecule has 1 aliphatic rings. The number of anilines is 2. The monoisotopic (exact) mass is 489 g/mol. The number of piperidine rings is 1. The molecule has 35 heavy (non-hydrogen) atoms. The Balaban J connectivity index is 1.33. The number of hydrogen-bond acceptors (Lipinski definition) is 5. The molecular formula is C26H24ClN5O3. The van der Waals surface area contributed by atoms with Gasteiger partial charge in [0, 0.05) is 41.6 Å². The molecule has 4 aromatic rings. The van der Waals surface area contributed by atoms with Crippen LogP contribution >= 0.6 is 11.6 Å². The molecule has 0 radical (unpaired) electrons. The van der Waals surface area contributed by atoms with Gasteiger partial charge in [-0.15, -0.1) is 0 Å². The van der Waals surface area contributed by atoms with Gasteiger partial charge in [0.15, 0.2) is 5.65 Å². The van der Waals surface area contributed by atoms with Crippen molar-refractivity contribution in [2.75, 3.05) is 23.3 Å². The number of carboxylic acids is 1. The Hall–Kier alpha value is -3.91. The fraction of sp³-hybridized carbons (Fsp3) is 0.231. The van der Waals surface area contributed by atoms with Crippen LogP contribution in [-0.4, -0.2) is 44.6 Å². The van der Waals surface area contributed by atoms with Gasteiger partial charge in [0.05, 0.1) is 11.3 Å². The number of imidazole rings is 1. The molecule has 5 rings (SSSR count). The van der Waals surface area contributed by atoms with E-state index < -0.39 is 5.97 Å². The molecular weight excluding hydrogens is 466 g/mol. The number of benzene rings is 2. The second-order valence-corrected chi connectivity index (χ2v) is 9.03. The quantitative estimate of drug-likeness (QED) is 0.400. The molecule has 1 aliphatic heterocycles. The highest BCUT2D eigenvalue weighted by atomic mass is 35.5. The fourth-order valence-corrected chi connectivity index (χ4v) is 4.84. The Bertz CT molecular complexity index is 1410. The number of fused-ring (bicyclic) bond motifs is 1. The van der Waals surface area contributed by atoms with Gasteiger partial charge in [-0.25, -0.2) is 14.8 Å². The zero-order valence-electron chi connectivity index (χ0n) is 19.1. The summed E-state index contributed by atoms with van der Waals surface area (Å²) in [5.74, 6) is -0.433. The predicted octanol–water partition coefficient (Wildman–Crippen LogP) is 5.19. The molecule has 0 atom stereocenters. The van der Waals surface area contributed by atoms with E-state index >= 15 is 0 Å². The summed E-state index contributed by atoms with van der Waals surface area (Å²) in [7, 11) is 0. The second-order valence-electron chi connectivity index (χ2n) is 8.59. The highest BCUT2D eigenvalue weighted by Gasteiger charge is 2.26. The topological polar surface area (TPSA) is 100 Å². The van der Waals surface area contributed by atoms with Crippen LogP contribution in [0.5, 0.6) is 0 Å². The van der Waals surface area contributed by atoms with Gasteiger partial charge in [-0.3, -0.25) is 4.79 Å². The van der Waals surface area contributed by atoms with Crippen LogP contribution in [0.4, 0.5) is 11.4 Å². The van der Waals surface area contributed by atoms with Gasteiger partial charge in [0.1, 0.15) is 11.3 Å².